The summed E-state index contributed by atoms with van der Waals surface area (Å²) in [6.07, 6.45) is 0. The highest BCUT2D eigenvalue weighted by Crippen LogP contribution is 2.23. The third-order valence-corrected chi connectivity index (χ3v) is 3.61. The molecular formula is C12H14ClN3O3. The highest BCUT2D eigenvalue weighted by atomic mass is 35.5. The van der Waals surface area contributed by atoms with Crippen LogP contribution in [-0.2, 0) is 4.79 Å². The summed E-state index contributed by atoms with van der Waals surface area (Å²) >= 11 is 5.99. The van der Waals surface area contributed by atoms with Gasteiger partial charge in [-0.05, 0) is 30.8 Å². The Morgan fingerprint density at radius 1 is 1.37 bits per heavy atom. The zero-order valence-electron chi connectivity index (χ0n) is 10.5. The third kappa shape index (κ3) is 3.02. The Kier molecular flexibility index (Phi) is 4.01. The molecule has 2 rings (SSSR count). The van der Waals surface area contributed by atoms with Gasteiger partial charge in [0.05, 0.1) is 4.92 Å². The molecule has 1 aromatic carbocycles. The summed E-state index contributed by atoms with van der Waals surface area (Å²) in [7, 11) is 0. The van der Waals surface area contributed by atoms with Gasteiger partial charge in [-0.15, -0.1) is 0 Å². The number of halogens is 1. The van der Waals surface area contributed by atoms with Crippen LogP contribution in [0.2, 0.25) is 0 Å². The fraction of sp³-hybridized carbons (Fsp3) is 0.417. The largest absolute Gasteiger partial charge is 0.368 e. The molecule has 1 aliphatic rings. The minimum absolute atomic E-state index is 0.0154. The summed E-state index contributed by atoms with van der Waals surface area (Å²) in [6.45, 7) is 3.27. The van der Waals surface area contributed by atoms with Gasteiger partial charge in [-0.1, -0.05) is 0 Å². The number of nitro benzene ring substituents is 1. The van der Waals surface area contributed by atoms with Gasteiger partial charge < -0.3 is 4.90 Å². The number of hydrogen-bond acceptors (Lipinski definition) is 5. The summed E-state index contributed by atoms with van der Waals surface area (Å²) in [5.74, 6) is 0.0154. The van der Waals surface area contributed by atoms with Crippen LogP contribution in [0.25, 0.3) is 0 Å². The molecule has 0 aliphatic carbocycles. The van der Waals surface area contributed by atoms with Crippen LogP contribution in [0.4, 0.5) is 11.4 Å². The topological polar surface area (TPSA) is 66.7 Å². The normalized spacial score (nSPS) is 20.3. The lowest BCUT2D eigenvalue weighted by Gasteiger charge is -2.37. The fourth-order valence-electron chi connectivity index (χ4n) is 2.11. The number of nitro groups is 1. The molecule has 0 radical (unpaired) electrons. The van der Waals surface area contributed by atoms with Gasteiger partial charge >= 0.3 is 0 Å². The molecule has 6 nitrogen and oxygen atoms in total. The maximum atomic E-state index is 11.5. The Hall–Kier alpha value is -1.66. The first-order valence-electron chi connectivity index (χ1n) is 5.91. The zero-order valence-corrected chi connectivity index (χ0v) is 11.2. The summed E-state index contributed by atoms with van der Waals surface area (Å²) in [6, 6.07) is 5.97. The molecule has 1 unspecified atom stereocenters. The Balaban J connectivity index is 2.13. The molecule has 1 heterocycles. The first-order chi connectivity index (χ1) is 8.99. The van der Waals surface area contributed by atoms with E-state index in [2.05, 4.69) is 0 Å². The molecule has 1 atom stereocenters. The van der Waals surface area contributed by atoms with Crippen LogP contribution >= 0.6 is 11.8 Å². The Bertz CT molecular complexity index is 491. The predicted molar refractivity (Wildman–Crippen MR) is 72.3 cm³/mol. The number of anilines is 1. The van der Waals surface area contributed by atoms with Crippen LogP contribution < -0.4 is 4.90 Å². The van der Waals surface area contributed by atoms with Gasteiger partial charge in [-0.2, -0.15) is 0 Å². The third-order valence-electron chi connectivity index (χ3n) is 3.21. The van der Waals surface area contributed by atoms with Crippen molar-refractivity contribution in [3.63, 3.8) is 0 Å². The van der Waals surface area contributed by atoms with Crippen molar-refractivity contribution in [1.82, 2.24) is 4.42 Å². The number of piperazine rings is 1. The maximum Gasteiger partial charge on any atom is 0.269 e. The summed E-state index contributed by atoms with van der Waals surface area (Å²) in [4.78, 5) is 23.7. The lowest BCUT2D eigenvalue weighted by molar-refractivity contribution is -0.384. The molecule has 0 aromatic heterocycles. The van der Waals surface area contributed by atoms with Gasteiger partial charge in [0.15, 0.2) is 0 Å². The number of hydrogen-bond donors (Lipinski definition) is 0. The SMILES string of the molecule is CC(=O)C1CN(c2ccc([N+](=O)[O-])cc2)CCN1Cl. The van der Waals surface area contributed by atoms with E-state index in [1.54, 1.807) is 12.1 Å². The Labute approximate surface area is 115 Å². The molecular weight excluding hydrogens is 270 g/mol. The molecule has 1 saturated heterocycles. The number of benzene rings is 1. The molecule has 19 heavy (non-hydrogen) atoms. The summed E-state index contributed by atoms with van der Waals surface area (Å²) in [5.41, 5.74) is 0.921. The zero-order chi connectivity index (χ0) is 14.0. The number of Topliss-reactive ketones (excluding diaryl/α,β-unsaturated/α-hetero) is 1. The van der Waals surface area contributed by atoms with E-state index in [-0.39, 0.29) is 17.5 Å². The van der Waals surface area contributed by atoms with E-state index < -0.39 is 4.92 Å². The van der Waals surface area contributed by atoms with Gasteiger partial charge in [0.25, 0.3) is 5.69 Å². The second-order valence-corrected chi connectivity index (χ2v) is 4.90. The second kappa shape index (κ2) is 5.54. The van der Waals surface area contributed by atoms with Gasteiger partial charge in [0, 0.05) is 37.5 Å². The molecule has 1 aromatic rings. The van der Waals surface area contributed by atoms with Crippen LogP contribution in [0, 0.1) is 10.1 Å². The Morgan fingerprint density at radius 3 is 2.53 bits per heavy atom. The average molecular weight is 284 g/mol. The predicted octanol–water partition coefficient (Wildman–Crippen LogP) is 1.83. The van der Waals surface area contributed by atoms with Crippen molar-refractivity contribution in [1.29, 1.82) is 0 Å². The average Bonchev–Trinajstić information content (AvgIpc) is 2.39. The van der Waals surface area contributed by atoms with E-state index in [4.69, 9.17) is 11.8 Å². The quantitative estimate of drug-likeness (QED) is 0.481. The van der Waals surface area contributed by atoms with E-state index in [0.717, 1.165) is 5.69 Å². The number of ketones is 1. The van der Waals surface area contributed by atoms with E-state index in [1.165, 1.54) is 23.5 Å². The van der Waals surface area contributed by atoms with Crippen LogP contribution in [-0.4, -0.2) is 40.8 Å². The van der Waals surface area contributed by atoms with E-state index in [9.17, 15) is 14.9 Å². The van der Waals surface area contributed by atoms with E-state index in [1.807, 2.05) is 4.90 Å². The maximum absolute atomic E-state index is 11.5. The number of rotatable bonds is 3. The van der Waals surface area contributed by atoms with Crippen molar-refractivity contribution in [3.8, 4) is 0 Å². The van der Waals surface area contributed by atoms with Crippen LogP contribution in [0.5, 0.6) is 0 Å². The van der Waals surface area contributed by atoms with Crippen molar-refractivity contribution in [2.24, 2.45) is 0 Å². The number of carbonyl (C=O) groups is 1. The monoisotopic (exact) mass is 283 g/mol. The lowest BCUT2D eigenvalue weighted by Crippen LogP contribution is -2.52. The minimum Gasteiger partial charge on any atom is -0.368 e. The Morgan fingerprint density at radius 2 is 2.00 bits per heavy atom. The van der Waals surface area contributed by atoms with E-state index >= 15 is 0 Å². The van der Waals surface area contributed by atoms with E-state index in [0.29, 0.717) is 19.6 Å². The van der Waals surface area contributed by atoms with Crippen molar-refractivity contribution in [2.45, 2.75) is 13.0 Å². The van der Waals surface area contributed by atoms with Gasteiger partial charge in [-0.25, -0.2) is 4.42 Å². The first kappa shape index (κ1) is 13.8. The van der Waals surface area contributed by atoms with Crippen LogP contribution in [0.3, 0.4) is 0 Å². The smallest absolute Gasteiger partial charge is 0.269 e. The van der Waals surface area contributed by atoms with Crippen LogP contribution in [0.1, 0.15) is 6.92 Å². The first-order valence-corrected chi connectivity index (χ1v) is 6.25. The standard InChI is InChI=1S/C12H14ClN3O3/c1-9(17)12-8-14(6-7-15(12)13)10-2-4-11(5-3-10)16(18)19/h2-5,12H,6-8H2,1H3. The van der Waals surface area contributed by atoms with Crippen molar-refractivity contribution in [2.75, 3.05) is 24.5 Å². The van der Waals surface area contributed by atoms with Gasteiger partial charge in [0.1, 0.15) is 11.8 Å². The fourth-order valence-corrected chi connectivity index (χ4v) is 2.38. The highest BCUT2D eigenvalue weighted by Gasteiger charge is 2.29. The number of non-ortho nitro benzene ring substituents is 1. The molecule has 0 spiro atoms. The number of carbonyl (C=O) groups excluding carboxylic acids is 1. The molecule has 0 bridgehead atoms. The second-order valence-electron chi connectivity index (χ2n) is 4.47. The summed E-state index contributed by atoms with van der Waals surface area (Å²) < 4.78 is 1.52. The highest BCUT2D eigenvalue weighted by molar-refractivity contribution is 6.15. The minimum atomic E-state index is -0.432. The molecule has 102 valence electrons. The molecule has 1 aliphatic heterocycles. The molecule has 0 N–H and O–H groups in total. The molecule has 0 saturated carbocycles. The molecule has 1 fully saturated rings. The van der Waals surface area contributed by atoms with Gasteiger partial charge in [0.2, 0.25) is 0 Å². The van der Waals surface area contributed by atoms with Gasteiger partial charge in [-0.3, -0.25) is 14.9 Å². The van der Waals surface area contributed by atoms with Crippen molar-refractivity contribution in [3.05, 3.63) is 34.4 Å². The molecule has 0 amide bonds. The lowest BCUT2D eigenvalue weighted by atomic mass is 10.1. The summed E-state index contributed by atoms with van der Waals surface area (Å²) in [5, 5.41) is 10.6. The molecule has 7 heteroatoms. The van der Waals surface area contributed by atoms with Crippen molar-refractivity contribution >= 4 is 28.9 Å². The van der Waals surface area contributed by atoms with Crippen molar-refractivity contribution < 1.29 is 9.72 Å². The van der Waals surface area contributed by atoms with Crippen LogP contribution in [0.15, 0.2) is 24.3 Å². The number of nitrogens with zero attached hydrogens (tertiary/aromatic N) is 3.